The number of fused-ring (bicyclic) bond motifs is 1. The van der Waals surface area contributed by atoms with Crippen molar-refractivity contribution in [1.82, 2.24) is 8.87 Å². The van der Waals surface area contributed by atoms with Crippen LogP contribution in [-0.2, 0) is 21.4 Å². The maximum atomic E-state index is 13.2. The van der Waals surface area contributed by atoms with Gasteiger partial charge in [-0.1, -0.05) is 28.9 Å². The summed E-state index contributed by atoms with van der Waals surface area (Å²) < 4.78 is 41.3. The largest absolute Gasteiger partial charge is 0.495 e. The smallest absolute Gasteiger partial charge is 0.266 e. The van der Waals surface area contributed by atoms with Crippen molar-refractivity contribution in [2.75, 3.05) is 20.8 Å². The average molecular weight is 526 g/mol. The van der Waals surface area contributed by atoms with Gasteiger partial charge in [0.1, 0.15) is 32.0 Å². The minimum absolute atomic E-state index is 0.103. The fourth-order valence-electron chi connectivity index (χ4n) is 3.77. The van der Waals surface area contributed by atoms with Crippen molar-refractivity contribution in [3.8, 4) is 23.8 Å². The Balaban J connectivity index is 1.80. The minimum atomic E-state index is -3.86. The number of terminal acetylenes is 1. The molecule has 3 heterocycles. The summed E-state index contributed by atoms with van der Waals surface area (Å²) in [6.07, 6.45) is 6.52. The second-order valence-electron chi connectivity index (χ2n) is 7.11. The zero-order valence-corrected chi connectivity index (χ0v) is 21.0. The molecule has 0 bridgehead atoms. The maximum absolute atomic E-state index is 13.2. The Labute approximate surface area is 204 Å². The highest BCUT2D eigenvalue weighted by molar-refractivity contribution is 7.91. The fraction of sp³-hybridized carbons (Fsp3) is 0.333. The van der Waals surface area contributed by atoms with Gasteiger partial charge in [0, 0.05) is 6.54 Å². The van der Waals surface area contributed by atoms with Crippen LogP contribution < -0.4 is 14.3 Å². The van der Waals surface area contributed by atoms with E-state index in [0.717, 1.165) is 16.0 Å². The summed E-state index contributed by atoms with van der Waals surface area (Å²) in [5.41, 5.74) is 0.662. The third-order valence-electron chi connectivity index (χ3n) is 5.25. The van der Waals surface area contributed by atoms with Gasteiger partial charge in [-0.3, -0.25) is 4.79 Å². The van der Waals surface area contributed by atoms with Crippen LogP contribution in [0.3, 0.4) is 0 Å². The molecule has 0 spiro atoms. The lowest BCUT2D eigenvalue weighted by Gasteiger charge is -2.20. The highest BCUT2D eigenvalue weighted by Crippen LogP contribution is 2.35. The number of thiophene rings is 1. The topological polar surface area (TPSA) is 90.2 Å². The van der Waals surface area contributed by atoms with Crippen molar-refractivity contribution in [2.45, 2.75) is 29.6 Å². The Morgan fingerprint density at radius 2 is 1.97 bits per heavy atom. The molecular formula is C21H20ClN3O5S3. The summed E-state index contributed by atoms with van der Waals surface area (Å²) in [6.45, 7) is 0.387. The van der Waals surface area contributed by atoms with Gasteiger partial charge in [-0.25, -0.2) is 8.42 Å². The molecule has 1 saturated heterocycles. The monoisotopic (exact) mass is 525 g/mol. The summed E-state index contributed by atoms with van der Waals surface area (Å²) in [7, 11) is -0.771. The first kappa shape index (κ1) is 23.8. The van der Waals surface area contributed by atoms with E-state index in [0.29, 0.717) is 39.0 Å². The van der Waals surface area contributed by atoms with E-state index in [1.54, 1.807) is 30.9 Å². The fourth-order valence-corrected chi connectivity index (χ4v) is 8.18. The SMILES string of the molecule is C#CCn1c(=NC(=O)C2CCCN2S(=O)(=O)c2ccc(Cl)s2)sc2c(OC)ccc(OC)c21. The first-order valence-electron chi connectivity index (χ1n) is 9.85. The molecule has 1 aromatic carbocycles. The molecule has 0 aliphatic carbocycles. The summed E-state index contributed by atoms with van der Waals surface area (Å²) in [6, 6.07) is 5.59. The van der Waals surface area contributed by atoms with Gasteiger partial charge in [0.25, 0.3) is 15.9 Å². The van der Waals surface area contributed by atoms with Gasteiger partial charge in [-0.15, -0.1) is 17.8 Å². The van der Waals surface area contributed by atoms with Gasteiger partial charge in [0.05, 0.1) is 25.1 Å². The summed E-state index contributed by atoms with van der Waals surface area (Å²) in [5, 5.41) is 0. The maximum Gasteiger partial charge on any atom is 0.266 e. The number of rotatable bonds is 6. The van der Waals surface area contributed by atoms with Gasteiger partial charge < -0.3 is 14.0 Å². The Morgan fingerprint density at radius 1 is 1.24 bits per heavy atom. The van der Waals surface area contributed by atoms with Crippen molar-refractivity contribution in [3.05, 3.63) is 33.4 Å². The molecule has 0 saturated carbocycles. The van der Waals surface area contributed by atoms with E-state index in [-0.39, 0.29) is 17.3 Å². The molecular weight excluding hydrogens is 506 g/mol. The average Bonchev–Trinajstić information content (AvgIpc) is 3.53. The Hall–Kier alpha value is -2.36. The summed E-state index contributed by atoms with van der Waals surface area (Å²) in [4.78, 5) is 17.9. The minimum Gasteiger partial charge on any atom is -0.495 e. The van der Waals surface area contributed by atoms with Crippen molar-refractivity contribution in [2.24, 2.45) is 4.99 Å². The molecule has 1 aliphatic heterocycles. The zero-order chi connectivity index (χ0) is 23.8. The second-order valence-corrected chi connectivity index (χ2v) is 11.9. The third-order valence-corrected chi connectivity index (χ3v) is 9.95. The van der Waals surface area contributed by atoms with Gasteiger partial charge in [-0.2, -0.15) is 9.30 Å². The Bertz CT molecular complexity index is 1430. The number of aromatic nitrogens is 1. The van der Waals surface area contributed by atoms with Crippen LogP contribution in [0.1, 0.15) is 12.8 Å². The van der Waals surface area contributed by atoms with E-state index in [2.05, 4.69) is 10.9 Å². The lowest BCUT2D eigenvalue weighted by atomic mass is 10.2. The predicted octanol–water partition coefficient (Wildman–Crippen LogP) is 3.35. The lowest BCUT2D eigenvalue weighted by Crippen LogP contribution is -2.40. The first-order chi connectivity index (χ1) is 15.8. The number of sulfonamides is 1. The number of carbonyl (C=O) groups is 1. The standard InChI is InChI=1S/C21H20ClN3O5S3/c1-4-11-24-18-14(29-2)7-8-15(30-3)19(18)32-21(24)23-20(26)13-6-5-12-25(13)33(27,28)17-10-9-16(22)31-17/h1,7-10,13H,5-6,11-12H2,2-3H3. The molecule has 1 unspecified atom stereocenters. The molecule has 8 nitrogen and oxygen atoms in total. The van der Waals surface area contributed by atoms with Crippen molar-refractivity contribution < 1.29 is 22.7 Å². The van der Waals surface area contributed by atoms with Gasteiger partial charge >= 0.3 is 0 Å². The molecule has 0 N–H and O–H groups in total. The second kappa shape index (κ2) is 9.48. The molecule has 4 rings (SSSR count). The van der Waals surface area contributed by atoms with Crippen molar-refractivity contribution >= 4 is 60.4 Å². The van der Waals surface area contributed by atoms with E-state index in [1.165, 1.54) is 27.8 Å². The zero-order valence-electron chi connectivity index (χ0n) is 17.8. The number of amides is 1. The predicted molar refractivity (Wildman–Crippen MR) is 129 cm³/mol. The Morgan fingerprint density at radius 3 is 2.61 bits per heavy atom. The van der Waals surface area contributed by atoms with E-state index in [9.17, 15) is 13.2 Å². The van der Waals surface area contributed by atoms with Crippen LogP contribution in [-0.4, -0.2) is 50.0 Å². The lowest BCUT2D eigenvalue weighted by molar-refractivity contribution is -0.121. The number of nitrogens with zero attached hydrogens (tertiary/aromatic N) is 3. The quantitative estimate of drug-likeness (QED) is 0.460. The van der Waals surface area contributed by atoms with E-state index in [1.807, 2.05) is 0 Å². The molecule has 0 radical (unpaired) electrons. The molecule has 33 heavy (non-hydrogen) atoms. The number of hydrogen-bond donors (Lipinski definition) is 0. The molecule has 174 valence electrons. The summed E-state index contributed by atoms with van der Waals surface area (Å²) in [5.74, 6) is 3.18. The molecule has 3 aromatic rings. The van der Waals surface area contributed by atoms with Gasteiger partial charge in [0.15, 0.2) is 4.80 Å². The number of carbonyl (C=O) groups excluding carboxylic acids is 1. The number of methoxy groups -OCH3 is 2. The molecule has 2 aromatic heterocycles. The van der Waals surface area contributed by atoms with Crippen LogP contribution >= 0.6 is 34.3 Å². The molecule has 1 fully saturated rings. The van der Waals surface area contributed by atoms with E-state index in [4.69, 9.17) is 27.5 Å². The number of halogens is 1. The van der Waals surface area contributed by atoms with Crippen LogP contribution in [0.4, 0.5) is 0 Å². The third kappa shape index (κ3) is 4.29. The van der Waals surface area contributed by atoms with Crippen LogP contribution in [0.5, 0.6) is 11.5 Å². The number of ether oxygens (including phenoxy) is 2. The van der Waals surface area contributed by atoms with Crippen molar-refractivity contribution in [1.29, 1.82) is 0 Å². The molecule has 1 atom stereocenters. The highest BCUT2D eigenvalue weighted by Gasteiger charge is 2.40. The van der Waals surface area contributed by atoms with Crippen LogP contribution in [0, 0.1) is 12.3 Å². The van der Waals surface area contributed by atoms with Crippen LogP contribution in [0.15, 0.2) is 33.5 Å². The van der Waals surface area contributed by atoms with Crippen LogP contribution in [0.2, 0.25) is 4.34 Å². The Kier molecular flexibility index (Phi) is 6.83. The molecule has 1 amide bonds. The highest BCUT2D eigenvalue weighted by atomic mass is 35.5. The molecule has 12 heteroatoms. The van der Waals surface area contributed by atoms with Gasteiger partial charge in [0.2, 0.25) is 0 Å². The van der Waals surface area contributed by atoms with Crippen molar-refractivity contribution in [3.63, 3.8) is 0 Å². The summed E-state index contributed by atoms with van der Waals surface area (Å²) >= 11 is 8.12. The van der Waals surface area contributed by atoms with E-state index < -0.39 is 22.0 Å². The van der Waals surface area contributed by atoms with Crippen LogP contribution in [0.25, 0.3) is 10.2 Å². The number of benzene rings is 1. The number of thiazole rings is 1. The first-order valence-corrected chi connectivity index (χ1v) is 13.3. The number of hydrogen-bond acceptors (Lipinski definition) is 7. The molecule has 1 aliphatic rings. The van der Waals surface area contributed by atoms with Gasteiger partial charge in [-0.05, 0) is 37.1 Å². The normalized spacial score (nSPS) is 17.4. The van der Waals surface area contributed by atoms with E-state index >= 15 is 0 Å².